The number of benzene rings is 1. The predicted molar refractivity (Wildman–Crippen MR) is 96.5 cm³/mol. The lowest BCUT2D eigenvalue weighted by atomic mass is 9.86. The summed E-state index contributed by atoms with van der Waals surface area (Å²) in [5.74, 6) is 0. The van der Waals surface area contributed by atoms with Gasteiger partial charge in [-0.25, -0.2) is 13.1 Å². The predicted octanol–water partition coefficient (Wildman–Crippen LogP) is 3.55. The second-order valence-electron chi connectivity index (χ2n) is 7.15. The van der Waals surface area contributed by atoms with E-state index >= 15 is 0 Å². The minimum absolute atomic E-state index is 0.0765. The van der Waals surface area contributed by atoms with Crippen LogP contribution in [0.2, 0.25) is 0 Å². The van der Waals surface area contributed by atoms with Crippen LogP contribution in [0.1, 0.15) is 57.5 Å². The number of aromatic nitrogens is 2. The molecule has 0 bridgehead atoms. The Balaban J connectivity index is 2.21. The molecule has 0 aliphatic heterocycles. The summed E-state index contributed by atoms with van der Waals surface area (Å²) in [6.07, 6.45) is 1.58. The van der Waals surface area contributed by atoms with Crippen LogP contribution in [0.15, 0.2) is 35.4 Å². The number of aryl methyl sites for hydroxylation is 2. The maximum Gasteiger partial charge on any atom is 0.244 e. The highest BCUT2D eigenvalue weighted by Crippen LogP contribution is 2.25. The first-order valence-electron chi connectivity index (χ1n) is 8.21. The molecule has 0 radical (unpaired) electrons. The van der Waals surface area contributed by atoms with Gasteiger partial charge in [-0.15, -0.1) is 0 Å². The topological polar surface area (TPSA) is 64.0 Å². The van der Waals surface area contributed by atoms with Crippen molar-refractivity contribution in [3.63, 3.8) is 0 Å². The highest BCUT2D eigenvalue weighted by Gasteiger charge is 2.23. The van der Waals surface area contributed by atoms with Crippen LogP contribution in [0.3, 0.4) is 0 Å². The Kier molecular flexibility index (Phi) is 5.20. The molecule has 1 aromatic heterocycles. The number of nitrogens with one attached hydrogen (secondary N) is 1. The van der Waals surface area contributed by atoms with Crippen molar-refractivity contribution in [3.05, 3.63) is 47.3 Å². The van der Waals surface area contributed by atoms with Gasteiger partial charge in [-0.05, 0) is 37.3 Å². The van der Waals surface area contributed by atoms with Gasteiger partial charge in [0.25, 0.3) is 0 Å². The van der Waals surface area contributed by atoms with Crippen LogP contribution >= 0.6 is 0 Å². The summed E-state index contributed by atoms with van der Waals surface area (Å²) in [7, 11) is -3.60. The smallest absolute Gasteiger partial charge is 0.244 e. The second kappa shape index (κ2) is 6.69. The van der Waals surface area contributed by atoms with Crippen LogP contribution in [0.25, 0.3) is 0 Å². The van der Waals surface area contributed by atoms with Crippen molar-refractivity contribution in [2.45, 2.75) is 64.4 Å². The summed E-state index contributed by atoms with van der Waals surface area (Å²) in [5, 5.41) is 4.21. The molecular weight excluding hydrogens is 322 g/mol. The minimum Gasteiger partial charge on any atom is -0.271 e. The summed E-state index contributed by atoms with van der Waals surface area (Å²) < 4.78 is 29.6. The Hall–Kier alpha value is -1.66. The van der Waals surface area contributed by atoms with E-state index in [1.165, 1.54) is 5.56 Å². The third kappa shape index (κ3) is 4.05. The summed E-state index contributed by atoms with van der Waals surface area (Å²) >= 11 is 0. The summed E-state index contributed by atoms with van der Waals surface area (Å²) in [4.78, 5) is 0.238. The van der Waals surface area contributed by atoms with E-state index in [1.54, 1.807) is 17.8 Å². The van der Waals surface area contributed by atoms with Crippen LogP contribution in [-0.4, -0.2) is 18.2 Å². The molecule has 0 fully saturated rings. The number of hydrogen-bond acceptors (Lipinski definition) is 3. The van der Waals surface area contributed by atoms with Crippen LogP contribution in [0.4, 0.5) is 0 Å². The zero-order valence-corrected chi connectivity index (χ0v) is 16.1. The van der Waals surface area contributed by atoms with E-state index in [9.17, 15) is 8.42 Å². The molecule has 5 nitrogen and oxygen atoms in total. The average molecular weight is 350 g/mol. The van der Waals surface area contributed by atoms with Gasteiger partial charge >= 0.3 is 0 Å². The monoisotopic (exact) mass is 349 g/mol. The van der Waals surface area contributed by atoms with Crippen molar-refractivity contribution in [3.8, 4) is 0 Å². The van der Waals surface area contributed by atoms with Crippen molar-refractivity contribution in [1.29, 1.82) is 0 Å². The van der Waals surface area contributed by atoms with E-state index in [0.717, 1.165) is 5.56 Å². The van der Waals surface area contributed by atoms with Gasteiger partial charge in [0.15, 0.2) is 0 Å². The van der Waals surface area contributed by atoms with E-state index < -0.39 is 10.0 Å². The molecule has 2 aromatic rings. The third-order valence-electron chi connectivity index (χ3n) is 4.12. The lowest BCUT2D eigenvalue weighted by Crippen LogP contribution is -2.27. The molecule has 1 atom stereocenters. The van der Waals surface area contributed by atoms with Gasteiger partial charge in [-0.3, -0.25) is 4.68 Å². The standard InChI is InChI=1S/C18H27N3O2S/c1-7-21-12-17(14(3)19-21)24(22,23)20-13(2)15-8-10-16(11-9-15)18(4,5)6/h8-13,20H,7H2,1-6H3. The van der Waals surface area contributed by atoms with Crippen molar-refractivity contribution in [2.24, 2.45) is 0 Å². The molecule has 0 spiro atoms. The van der Waals surface area contributed by atoms with E-state index in [1.807, 2.05) is 26.0 Å². The average Bonchev–Trinajstić information content (AvgIpc) is 2.88. The van der Waals surface area contributed by atoms with E-state index in [4.69, 9.17) is 0 Å². The molecule has 2 rings (SSSR count). The molecule has 132 valence electrons. The number of rotatable bonds is 5. The number of sulfonamides is 1. The Morgan fingerprint density at radius 3 is 2.25 bits per heavy atom. The SMILES string of the molecule is CCn1cc(S(=O)(=O)NC(C)c2ccc(C(C)(C)C)cc2)c(C)n1. The fraction of sp³-hybridized carbons (Fsp3) is 0.500. The van der Waals surface area contributed by atoms with Gasteiger partial charge in [-0.2, -0.15) is 5.10 Å². The second-order valence-corrected chi connectivity index (χ2v) is 8.83. The molecular formula is C18H27N3O2S. The molecule has 0 aliphatic carbocycles. The van der Waals surface area contributed by atoms with E-state index in [-0.39, 0.29) is 16.4 Å². The highest BCUT2D eigenvalue weighted by atomic mass is 32.2. The van der Waals surface area contributed by atoms with Gasteiger partial charge in [-0.1, -0.05) is 45.0 Å². The Bertz CT molecular complexity index is 800. The summed E-state index contributed by atoms with van der Waals surface area (Å²) in [5.41, 5.74) is 2.75. The van der Waals surface area contributed by atoms with Gasteiger partial charge in [0, 0.05) is 18.8 Å². The quantitative estimate of drug-likeness (QED) is 0.898. The molecule has 1 aromatic carbocycles. The fourth-order valence-corrected chi connectivity index (χ4v) is 3.98. The zero-order chi connectivity index (χ0) is 18.1. The van der Waals surface area contributed by atoms with Gasteiger partial charge in [0.1, 0.15) is 4.90 Å². The Morgan fingerprint density at radius 1 is 1.21 bits per heavy atom. The van der Waals surface area contributed by atoms with Crippen molar-refractivity contribution < 1.29 is 8.42 Å². The summed E-state index contributed by atoms with van der Waals surface area (Å²) in [6.45, 7) is 12.6. The number of hydrogen-bond donors (Lipinski definition) is 1. The number of nitrogens with zero attached hydrogens (tertiary/aromatic N) is 2. The van der Waals surface area contributed by atoms with Crippen molar-refractivity contribution in [2.75, 3.05) is 0 Å². The fourth-order valence-electron chi connectivity index (χ4n) is 2.56. The van der Waals surface area contributed by atoms with Crippen LogP contribution < -0.4 is 4.72 Å². The van der Waals surface area contributed by atoms with Crippen LogP contribution in [0.5, 0.6) is 0 Å². The van der Waals surface area contributed by atoms with Crippen LogP contribution in [0, 0.1) is 6.92 Å². The minimum atomic E-state index is -3.60. The first-order chi connectivity index (χ1) is 11.0. The highest BCUT2D eigenvalue weighted by molar-refractivity contribution is 7.89. The van der Waals surface area contributed by atoms with Gasteiger partial charge in [0.05, 0.1) is 5.69 Å². The molecule has 24 heavy (non-hydrogen) atoms. The Morgan fingerprint density at radius 2 is 1.79 bits per heavy atom. The lowest BCUT2D eigenvalue weighted by molar-refractivity contribution is 0.565. The first kappa shape index (κ1) is 18.7. The molecule has 1 unspecified atom stereocenters. The largest absolute Gasteiger partial charge is 0.271 e. The first-order valence-corrected chi connectivity index (χ1v) is 9.69. The maximum absolute atomic E-state index is 12.6. The van der Waals surface area contributed by atoms with Crippen molar-refractivity contribution >= 4 is 10.0 Å². The third-order valence-corrected chi connectivity index (χ3v) is 5.77. The van der Waals surface area contributed by atoms with Gasteiger partial charge in [0.2, 0.25) is 10.0 Å². The zero-order valence-electron chi connectivity index (χ0n) is 15.3. The molecule has 1 heterocycles. The summed E-state index contributed by atoms with van der Waals surface area (Å²) in [6, 6.07) is 7.76. The maximum atomic E-state index is 12.6. The Labute approximate surface area is 145 Å². The molecule has 0 saturated carbocycles. The van der Waals surface area contributed by atoms with Crippen LogP contribution in [-0.2, 0) is 22.0 Å². The molecule has 1 N–H and O–H groups in total. The van der Waals surface area contributed by atoms with Gasteiger partial charge < -0.3 is 0 Å². The molecule has 0 amide bonds. The molecule has 6 heteroatoms. The van der Waals surface area contributed by atoms with Crippen molar-refractivity contribution in [1.82, 2.24) is 14.5 Å². The lowest BCUT2D eigenvalue weighted by Gasteiger charge is -2.20. The molecule has 0 aliphatic rings. The molecule has 0 saturated heterocycles. The normalized spacial score (nSPS) is 13.9. The van der Waals surface area contributed by atoms with E-state index in [2.05, 4.69) is 42.7 Å². The van der Waals surface area contributed by atoms with E-state index in [0.29, 0.717) is 12.2 Å².